The van der Waals surface area contributed by atoms with E-state index in [-0.39, 0.29) is 17.7 Å². The fourth-order valence-corrected chi connectivity index (χ4v) is 3.55. The van der Waals surface area contributed by atoms with E-state index in [9.17, 15) is 23.9 Å². The van der Waals surface area contributed by atoms with Crippen molar-refractivity contribution in [3.05, 3.63) is 29.8 Å². The van der Waals surface area contributed by atoms with E-state index in [1.807, 2.05) is 0 Å². The monoisotopic (exact) mass is 383 g/mol. The zero-order chi connectivity index (χ0) is 18.5. The minimum absolute atomic E-state index is 0.0771. The molecule has 12 heteroatoms. The van der Waals surface area contributed by atoms with Crippen molar-refractivity contribution in [1.82, 2.24) is 0 Å². The van der Waals surface area contributed by atoms with E-state index in [1.165, 1.54) is 24.3 Å². The topological polar surface area (TPSA) is 188 Å². The summed E-state index contributed by atoms with van der Waals surface area (Å²) >= 11 is 0. The molecule has 0 aliphatic rings. The van der Waals surface area contributed by atoms with Crippen LogP contribution in [0.3, 0.4) is 0 Å². The number of nitrogens with two attached hydrogens (primary N) is 1. The number of aliphatic carboxylic acids is 1. The van der Waals surface area contributed by atoms with Gasteiger partial charge in [-0.3, -0.25) is 13.9 Å². The fraction of sp³-hybridized carbons (Fsp3) is 0.417. The predicted octanol–water partition coefficient (Wildman–Crippen LogP) is 0.264. The highest BCUT2D eigenvalue weighted by atomic mass is 31.2. The van der Waals surface area contributed by atoms with Crippen LogP contribution < -0.4 is 10.5 Å². The Balaban J connectivity index is 2.72. The van der Waals surface area contributed by atoms with Gasteiger partial charge < -0.3 is 35.4 Å². The highest BCUT2D eigenvalue weighted by molar-refractivity contribution is 7.58. The Kier molecular flexibility index (Phi) is 7.12. The maximum absolute atomic E-state index is 12.1. The van der Waals surface area contributed by atoms with Gasteiger partial charge in [0.15, 0.2) is 12.2 Å². The van der Waals surface area contributed by atoms with E-state index < -0.39 is 45.3 Å². The minimum atomic E-state index is -4.33. The number of hydrogen-bond donors (Lipinski definition) is 6. The van der Waals surface area contributed by atoms with Crippen LogP contribution in [0, 0.1) is 0 Å². The summed E-state index contributed by atoms with van der Waals surface area (Å²) in [5, 5.41) is 18.6. The lowest BCUT2D eigenvalue weighted by Crippen LogP contribution is -2.31. The zero-order valence-electron chi connectivity index (χ0n) is 12.4. The van der Waals surface area contributed by atoms with Gasteiger partial charge in [-0.2, -0.15) is 0 Å². The molecule has 3 atom stereocenters. The van der Waals surface area contributed by atoms with E-state index in [4.69, 9.17) is 25.4 Å². The van der Waals surface area contributed by atoms with E-state index in [0.29, 0.717) is 0 Å². The van der Waals surface area contributed by atoms with Gasteiger partial charge in [0.1, 0.15) is 11.8 Å². The van der Waals surface area contributed by atoms with Crippen LogP contribution in [0.25, 0.3) is 0 Å². The van der Waals surface area contributed by atoms with Gasteiger partial charge >= 0.3 is 13.6 Å². The van der Waals surface area contributed by atoms with Crippen molar-refractivity contribution in [3.8, 4) is 5.75 Å². The third kappa shape index (κ3) is 6.70. The maximum atomic E-state index is 12.1. The number of aliphatic hydroxyl groups is 1. The Bertz CT molecular complexity index is 657. The molecule has 24 heavy (non-hydrogen) atoms. The average Bonchev–Trinajstić information content (AvgIpc) is 2.49. The summed E-state index contributed by atoms with van der Waals surface area (Å²) in [7, 11) is -8.44. The smallest absolute Gasteiger partial charge is 0.362 e. The van der Waals surface area contributed by atoms with E-state index in [2.05, 4.69) is 0 Å². The Morgan fingerprint density at radius 2 is 1.71 bits per heavy atom. The average molecular weight is 383 g/mol. The van der Waals surface area contributed by atoms with Gasteiger partial charge in [0.25, 0.3) is 0 Å². The van der Waals surface area contributed by atoms with Gasteiger partial charge in [0, 0.05) is 6.16 Å². The van der Waals surface area contributed by atoms with Crippen molar-refractivity contribution in [2.45, 2.75) is 18.3 Å². The Morgan fingerprint density at radius 3 is 2.17 bits per heavy atom. The molecule has 10 nitrogen and oxygen atoms in total. The minimum Gasteiger partial charge on any atom is -0.481 e. The molecule has 0 radical (unpaired) electrons. The number of ether oxygens (including phenoxy) is 1. The molecule has 0 aromatic heterocycles. The lowest BCUT2D eigenvalue weighted by atomic mass is 10.2. The van der Waals surface area contributed by atoms with Gasteiger partial charge in [-0.05, 0) is 24.1 Å². The highest BCUT2D eigenvalue weighted by Crippen LogP contribution is 2.54. The Hall–Kier alpha value is -1.25. The normalized spacial score (nSPS) is 16.9. The molecule has 0 spiro atoms. The first-order valence-electron chi connectivity index (χ1n) is 6.67. The molecule has 7 N–H and O–H groups in total. The van der Waals surface area contributed by atoms with Crippen LogP contribution in [-0.2, 0) is 13.9 Å². The number of rotatable bonds is 9. The first-order valence-corrected chi connectivity index (χ1v) is 10.4. The molecular weight excluding hydrogens is 364 g/mol. The number of hydrogen-bond acceptors (Lipinski definition) is 6. The molecule has 0 aliphatic heterocycles. The van der Waals surface area contributed by atoms with Crippen LogP contribution in [0.15, 0.2) is 24.3 Å². The van der Waals surface area contributed by atoms with E-state index >= 15 is 0 Å². The van der Waals surface area contributed by atoms with Gasteiger partial charge in [-0.1, -0.05) is 12.1 Å². The lowest BCUT2D eigenvalue weighted by Gasteiger charge is -2.19. The van der Waals surface area contributed by atoms with Gasteiger partial charge in [-0.15, -0.1) is 0 Å². The second kappa shape index (κ2) is 8.22. The summed E-state index contributed by atoms with van der Waals surface area (Å²) in [6.45, 7) is 0. The largest absolute Gasteiger partial charge is 0.481 e. The van der Waals surface area contributed by atoms with Crippen LogP contribution in [-0.4, -0.2) is 49.4 Å². The Morgan fingerprint density at radius 1 is 1.17 bits per heavy atom. The summed E-state index contributed by atoms with van der Waals surface area (Å²) in [6, 6.07) is 3.77. The summed E-state index contributed by atoms with van der Waals surface area (Å²) in [6.07, 6.45) is -1.57. The fourth-order valence-electron chi connectivity index (χ4n) is 1.70. The third-order valence-corrected chi connectivity index (χ3v) is 5.46. The second-order valence-electron chi connectivity index (χ2n) is 5.09. The molecule has 1 rings (SSSR count). The van der Waals surface area contributed by atoms with Gasteiger partial charge in [-0.25, -0.2) is 0 Å². The molecule has 136 valence electrons. The summed E-state index contributed by atoms with van der Waals surface area (Å²) in [5.41, 5.74) is 5.33. The standard InChI is InChI=1S/C12H19NO9P2/c13-10(11(14)15)5-6-23(17,18)12(16)8-1-3-9(4-2-8)22-7-24(19,20)21/h1-4,10,12,16H,5-7,13H2,(H,14,15)(H,17,18)(H2,19,20,21)/t10-,12?/m1/s1. The molecule has 2 unspecified atom stereocenters. The molecular formula is C12H19NO9P2. The van der Waals surface area contributed by atoms with Crippen molar-refractivity contribution in [2.24, 2.45) is 5.73 Å². The van der Waals surface area contributed by atoms with E-state index in [0.717, 1.165) is 0 Å². The Labute approximate surface area is 137 Å². The molecule has 0 saturated carbocycles. The van der Waals surface area contributed by atoms with Crippen molar-refractivity contribution in [2.75, 3.05) is 12.5 Å². The number of aliphatic hydroxyl groups excluding tert-OH is 1. The molecule has 0 bridgehead atoms. The number of carboxylic acids is 1. The highest BCUT2D eigenvalue weighted by Gasteiger charge is 2.31. The molecule has 0 fully saturated rings. The summed E-state index contributed by atoms with van der Waals surface area (Å²) in [4.78, 5) is 37.9. The molecule has 0 heterocycles. The SMILES string of the molecule is N[C@H](CCP(=O)(O)C(O)c1ccc(OCP(=O)(O)O)cc1)C(=O)O. The zero-order valence-corrected chi connectivity index (χ0v) is 14.2. The van der Waals surface area contributed by atoms with Gasteiger partial charge in [0.2, 0.25) is 7.37 Å². The van der Waals surface area contributed by atoms with Crippen molar-refractivity contribution in [3.63, 3.8) is 0 Å². The first-order chi connectivity index (χ1) is 10.9. The van der Waals surface area contributed by atoms with Crippen molar-refractivity contribution in [1.29, 1.82) is 0 Å². The van der Waals surface area contributed by atoms with Crippen LogP contribution in [0.4, 0.5) is 0 Å². The lowest BCUT2D eigenvalue weighted by molar-refractivity contribution is -0.138. The number of carbonyl (C=O) groups is 1. The van der Waals surface area contributed by atoms with Crippen LogP contribution in [0.1, 0.15) is 17.8 Å². The second-order valence-corrected chi connectivity index (χ2v) is 9.13. The summed E-state index contributed by atoms with van der Waals surface area (Å²) in [5.74, 6) is -2.94. The van der Waals surface area contributed by atoms with Gasteiger partial charge in [0.05, 0.1) is 0 Å². The first kappa shape index (κ1) is 20.8. The van der Waals surface area contributed by atoms with Crippen molar-refractivity contribution < 1.29 is 43.6 Å². The van der Waals surface area contributed by atoms with Crippen LogP contribution in [0.2, 0.25) is 0 Å². The van der Waals surface area contributed by atoms with E-state index in [1.54, 1.807) is 0 Å². The number of benzene rings is 1. The van der Waals surface area contributed by atoms with Crippen LogP contribution in [0.5, 0.6) is 5.75 Å². The quantitative estimate of drug-likeness (QED) is 0.323. The molecule has 1 aromatic carbocycles. The molecule has 0 saturated heterocycles. The third-order valence-electron chi connectivity index (χ3n) is 3.04. The molecule has 0 aliphatic carbocycles. The maximum Gasteiger partial charge on any atom is 0.362 e. The van der Waals surface area contributed by atoms with Crippen molar-refractivity contribution >= 4 is 20.9 Å². The van der Waals surface area contributed by atoms with Crippen LogP contribution >= 0.6 is 15.0 Å². The summed E-state index contributed by atoms with van der Waals surface area (Å²) < 4.78 is 27.6. The predicted molar refractivity (Wildman–Crippen MR) is 83.9 cm³/mol. The number of carboxylic acid groups (broad SMARTS) is 1. The molecule has 1 aromatic rings. The molecule has 0 amide bonds.